The van der Waals surface area contributed by atoms with E-state index < -0.39 is 5.97 Å². The predicted octanol–water partition coefficient (Wildman–Crippen LogP) is 3.47. The number of aliphatic imine (C=N–C) groups is 1. The molecule has 0 atom stereocenters. The molecule has 1 aromatic carbocycles. The van der Waals surface area contributed by atoms with Crippen LogP contribution in [0.3, 0.4) is 0 Å². The van der Waals surface area contributed by atoms with Gasteiger partial charge in [-0.2, -0.15) is 0 Å². The number of hydrogen-bond acceptors (Lipinski definition) is 6. The van der Waals surface area contributed by atoms with E-state index in [1.54, 1.807) is 22.9 Å². The second kappa shape index (κ2) is 6.49. The summed E-state index contributed by atoms with van der Waals surface area (Å²) in [5.41, 5.74) is 4.23. The Labute approximate surface area is 155 Å². The number of aromatic nitrogens is 3. The summed E-state index contributed by atoms with van der Waals surface area (Å²) in [6.45, 7) is 6.59. The Balaban J connectivity index is 1.90. The lowest BCUT2D eigenvalue weighted by Crippen LogP contribution is -2.09. The highest BCUT2D eigenvalue weighted by atomic mass is 32.1. The highest BCUT2D eigenvalue weighted by Gasteiger charge is 2.27. The number of esters is 1. The number of hydrogen-bond donors (Lipinski definition) is 0. The van der Waals surface area contributed by atoms with Gasteiger partial charge >= 0.3 is 5.97 Å². The third-order valence-electron chi connectivity index (χ3n) is 4.35. The molecule has 1 aliphatic heterocycles. The van der Waals surface area contributed by atoms with Crippen LogP contribution in [0.1, 0.15) is 44.9 Å². The van der Waals surface area contributed by atoms with Gasteiger partial charge in [-0.15, -0.1) is 16.4 Å². The average molecular weight is 366 g/mol. The molecule has 0 radical (unpaired) electrons. The Morgan fingerprint density at radius 2 is 2.04 bits per heavy atom. The quantitative estimate of drug-likeness (QED) is 0.666. The van der Waals surface area contributed by atoms with Crippen molar-refractivity contribution in [2.24, 2.45) is 4.99 Å². The lowest BCUT2D eigenvalue weighted by Gasteiger charge is -2.07. The first-order valence-corrected chi connectivity index (χ1v) is 9.25. The summed E-state index contributed by atoms with van der Waals surface area (Å²) < 4.78 is 6.78. The van der Waals surface area contributed by atoms with Crippen molar-refractivity contribution in [2.45, 2.75) is 27.3 Å². The SMILES string of the molecule is CCOC(=O)c1nc2n(n1)-c1sc(C)c(C)c1C(c1ccccc1)=NC2. The molecule has 0 saturated carbocycles. The fourth-order valence-corrected chi connectivity index (χ4v) is 4.12. The van der Waals surface area contributed by atoms with E-state index in [2.05, 4.69) is 36.1 Å². The van der Waals surface area contributed by atoms with Crippen molar-refractivity contribution in [2.75, 3.05) is 6.61 Å². The first kappa shape index (κ1) is 16.7. The Morgan fingerprint density at radius 3 is 2.77 bits per heavy atom. The second-order valence-electron chi connectivity index (χ2n) is 5.98. The summed E-state index contributed by atoms with van der Waals surface area (Å²) in [5.74, 6) is 0.211. The molecule has 0 amide bonds. The molecular formula is C19H18N4O2S. The lowest BCUT2D eigenvalue weighted by atomic mass is 10.00. The van der Waals surface area contributed by atoms with Crippen molar-refractivity contribution in [3.05, 3.63) is 63.5 Å². The molecule has 26 heavy (non-hydrogen) atoms. The van der Waals surface area contributed by atoms with E-state index in [1.807, 2.05) is 18.2 Å². The molecule has 6 nitrogen and oxygen atoms in total. The van der Waals surface area contributed by atoms with Crippen LogP contribution >= 0.6 is 11.3 Å². The minimum absolute atomic E-state index is 0.0786. The zero-order valence-corrected chi connectivity index (χ0v) is 15.6. The van der Waals surface area contributed by atoms with Gasteiger partial charge in [0.25, 0.3) is 5.82 Å². The largest absolute Gasteiger partial charge is 0.460 e. The van der Waals surface area contributed by atoms with E-state index in [9.17, 15) is 4.79 Å². The Morgan fingerprint density at radius 1 is 1.27 bits per heavy atom. The van der Waals surface area contributed by atoms with Crippen molar-refractivity contribution in [1.82, 2.24) is 14.8 Å². The fraction of sp³-hybridized carbons (Fsp3) is 0.263. The molecule has 0 aliphatic carbocycles. The van der Waals surface area contributed by atoms with Crippen LogP contribution < -0.4 is 0 Å². The van der Waals surface area contributed by atoms with Crippen LogP contribution in [0.25, 0.3) is 5.00 Å². The van der Waals surface area contributed by atoms with E-state index in [1.165, 1.54) is 10.4 Å². The molecule has 2 aromatic heterocycles. The van der Waals surface area contributed by atoms with Crippen LogP contribution in [0.4, 0.5) is 0 Å². The topological polar surface area (TPSA) is 69.4 Å². The number of nitrogens with zero attached hydrogens (tertiary/aromatic N) is 4. The van der Waals surface area contributed by atoms with Gasteiger partial charge in [0.1, 0.15) is 5.00 Å². The van der Waals surface area contributed by atoms with Crippen LogP contribution in [-0.2, 0) is 11.3 Å². The predicted molar refractivity (Wildman–Crippen MR) is 100 cm³/mol. The van der Waals surface area contributed by atoms with Gasteiger partial charge in [-0.05, 0) is 26.3 Å². The number of carbonyl (C=O) groups excluding carboxylic acids is 1. The van der Waals surface area contributed by atoms with Gasteiger partial charge in [0.15, 0.2) is 5.82 Å². The van der Waals surface area contributed by atoms with Gasteiger partial charge in [0.05, 0.1) is 18.9 Å². The minimum atomic E-state index is -0.508. The van der Waals surface area contributed by atoms with Gasteiger partial charge in [-0.25, -0.2) is 14.5 Å². The minimum Gasteiger partial charge on any atom is -0.460 e. The van der Waals surface area contributed by atoms with E-state index in [0.717, 1.165) is 21.8 Å². The van der Waals surface area contributed by atoms with Crippen LogP contribution in [0.15, 0.2) is 35.3 Å². The lowest BCUT2D eigenvalue weighted by molar-refractivity contribution is 0.0512. The van der Waals surface area contributed by atoms with Gasteiger partial charge < -0.3 is 4.74 Å². The molecule has 132 valence electrons. The fourth-order valence-electron chi connectivity index (χ4n) is 2.99. The van der Waals surface area contributed by atoms with Gasteiger partial charge in [0.2, 0.25) is 0 Å². The van der Waals surface area contributed by atoms with Crippen molar-refractivity contribution in [3.63, 3.8) is 0 Å². The molecule has 0 bridgehead atoms. The Hall–Kier alpha value is -2.80. The summed E-state index contributed by atoms with van der Waals surface area (Å²) in [5, 5.41) is 5.36. The van der Waals surface area contributed by atoms with Crippen molar-refractivity contribution in [3.8, 4) is 5.00 Å². The van der Waals surface area contributed by atoms with E-state index in [4.69, 9.17) is 9.73 Å². The molecule has 0 fully saturated rings. The number of ether oxygens (including phenoxy) is 1. The maximum atomic E-state index is 12.0. The van der Waals surface area contributed by atoms with Crippen molar-refractivity contribution >= 4 is 23.0 Å². The number of thiophene rings is 1. The molecule has 7 heteroatoms. The zero-order valence-electron chi connectivity index (χ0n) is 14.8. The molecule has 3 heterocycles. The summed E-state index contributed by atoms with van der Waals surface area (Å²) in [6, 6.07) is 10.1. The highest BCUT2D eigenvalue weighted by Crippen LogP contribution is 2.35. The summed E-state index contributed by atoms with van der Waals surface area (Å²) >= 11 is 1.64. The smallest absolute Gasteiger partial charge is 0.378 e. The van der Waals surface area contributed by atoms with E-state index >= 15 is 0 Å². The highest BCUT2D eigenvalue weighted by molar-refractivity contribution is 7.15. The maximum absolute atomic E-state index is 12.0. The summed E-state index contributed by atoms with van der Waals surface area (Å²) in [4.78, 5) is 22.4. The molecule has 0 saturated heterocycles. The van der Waals surface area contributed by atoms with Crippen LogP contribution in [0.2, 0.25) is 0 Å². The van der Waals surface area contributed by atoms with Crippen molar-refractivity contribution < 1.29 is 9.53 Å². The van der Waals surface area contributed by atoms with Crippen LogP contribution in [-0.4, -0.2) is 33.1 Å². The Bertz CT molecular complexity index is 1020. The number of benzene rings is 1. The van der Waals surface area contributed by atoms with E-state index in [0.29, 0.717) is 19.0 Å². The average Bonchev–Trinajstić information content (AvgIpc) is 3.15. The monoisotopic (exact) mass is 366 g/mol. The normalized spacial score (nSPS) is 12.8. The van der Waals surface area contributed by atoms with Gasteiger partial charge in [0, 0.05) is 16.0 Å². The van der Waals surface area contributed by atoms with Gasteiger partial charge in [-0.1, -0.05) is 30.3 Å². The van der Waals surface area contributed by atoms with Crippen LogP contribution in [0, 0.1) is 13.8 Å². The Kier molecular flexibility index (Phi) is 4.16. The summed E-state index contributed by atoms with van der Waals surface area (Å²) in [6.07, 6.45) is 0. The first-order chi connectivity index (χ1) is 12.6. The molecule has 0 spiro atoms. The maximum Gasteiger partial charge on any atom is 0.378 e. The second-order valence-corrected chi connectivity index (χ2v) is 7.18. The molecule has 1 aliphatic rings. The van der Waals surface area contributed by atoms with Crippen LogP contribution in [0.5, 0.6) is 0 Å². The number of aryl methyl sites for hydroxylation is 1. The van der Waals surface area contributed by atoms with Gasteiger partial charge in [-0.3, -0.25) is 4.99 Å². The molecule has 4 rings (SSSR count). The first-order valence-electron chi connectivity index (χ1n) is 8.43. The van der Waals surface area contributed by atoms with Crippen molar-refractivity contribution in [1.29, 1.82) is 0 Å². The number of fused-ring (bicyclic) bond motifs is 3. The summed E-state index contributed by atoms with van der Waals surface area (Å²) in [7, 11) is 0. The number of rotatable bonds is 3. The molecule has 0 unspecified atom stereocenters. The zero-order chi connectivity index (χ0) is 18.3. The number of carbonyl (C=O) groups is 1. The van der Waals surface area contributed by atoms with E-state index in [-0.39, 0.29) is 5.82 Å². The molecule has 0 N–H and O–H groups in total. The molecular weight excluding hydrogens is 348 g/mol. The third-order valence-corrected chi connectivity index (χ3v) is 5.54. The third kappa shape index (κ3) is 2.64. The standard InChI is InChI=1S/C19H18N4O2S/c1-4-25-19(24)17-21-14-10-20-16(13-8-6-5-7-9-13)15-11(2)12(3)26-18(15)23(14)22-17/h5-9H,4,10H2,1-3H3. The molecule has 3 aromatic rings.